The number of hydrogen-bond donors (Lipinski definition) is 0. The average Bonchev–Trinajstić information content (AvgIpc) is 2.72. The van der Waals surface area contributed by atoms with E-state index in [0.717, 1.165) is 68.9 Å². The molecule has 4 atom stereocenters. The van der Waals surface area contributed by atoms with Crippen LogP contribution in [0.25, 0.3) is 0 Å². The largest absolute Gasteiger partial charge is 0.294 e. The van der Waals surface area contributed by atoms with Crippen LogP contribution in [-0.4, -0.2) is 28.5 Å². The topological polar surface area (TPSA) is 54.5 Å². The number of amides is 2. The van der Waals surface area contributed by atoms with Crippen molar-refractivity contribution >= 4 is 17.6 Å². The smallest absolute Gasteiger partial charge is 0.234 e. The maximum Gasteiger partial charge on any atom is 0.234 e. The van der Waals surface area contributed by atoms with E-state index in [1.165, 1.54) is 19.3 Å². The lowest BCUT2D eigenvalue weighted by atomic mass is 9.74. The van der Waals surface area contributed by atoms with Gasteiger partial charge in [0.1, 0.15) is 0 Å². The first-order chi connectivity index (χ1) is 15.1. The van der Waals surface area contributed by atoms with Crippen molar-refractivity contribution in [2.75, 3.05) is 0 Å². The molecule has 1 saturated heterocycles. The summed E-state index contributed by atoms with van der Waals surface area (Å²) in [5, 5.41) is 0. The molecule has 0 unspecified atom stereocenters. The molecular formula is C27H37NO3. The van der Waals surface area contributed by atoms with Crippen LogP contribution in [0.1, 0.15) is 99.4 Å². The lowest BCUT2D eigenvalue weighted by Crippen LogP contribution is -2.64. The van der Waals surface area contributed by atoms with E-state index in [2.05, 4.69) is 0 Å². The maximum absolute atomic E-state index is 13.7. The molecule has 0 radical (unpaired) electrons. The van der Waals surface area contributed by atoms with Crippen LogP contribution >= 0.6 is 0 Å². The van der Waals surface area contributed by atoms with E-state index >= 15 is 0 Å². The van der Waals surface area contributed by atoms with Gasteiger partial charge in [0.05, 0.1) is 12.0 Å². The molecule has 2 amide bonds. The van der Waals surface area contributed by atoms with Gasteiger partial charge >= 0.3 is 0 Å². The molecule has 31 heavy (non-hydrogen) atoms. The van der Waals surface area contributed by atoms with Gasteiger partial charge in [-0.3, -0.25) is 19.3 Å². The van der Waals surface area contributed by atoms with Gasteiger partial charge in [0, 0.05) is 17.9 Å². The second-order valence-corrected chi connectivity index (χ2v) is 10.1. The molecule has 1 aliphatic heterocycles. The van der Waals surface area contributed by atoms with Gasteiger partial charge in [0.25, 0.3) is 0 Å². The van der Waals surface area contributed by atoms with Gasteiger partial charge in [-0.25, -0.2) is 0 Å². The molecule has 4 heteroatoms. The summed E-state index contributed by atoms with van der Waals surface area (Å²) in [6.45, 7) is 2.02. The molecule has 168 valence electrons. The van der Waals surface area contributed by atoms with Gasteiger partial charge in [0.2, 0.25) is 11.8 Å². The van der Waals surface area contributed by atoms with Crippen LogP contribution in [0.3, 0.4) is 0 Å². The fraction of sp³-hybridized carbons (Fsp3) is 0.667. The van der Waals surface area contributed by atoms with E-state index in [-0.39, 0.29) is 41.4 Å². The number of benzene rings is 1. The van der Waals surface area contributed by atoms with Crippen molar-refractivity contribution < 1.29 is 14.4 Å². The number of imide groups is 1. The predicted molar refractivity (Wildman–Crippen MR) is 122 cm³/mol. The molecule has 0 N–H and O–H groups in total. The van der Waals surface area contributed by atoms with E-state index in [4.69, 9.17) is 0 Å². The Kier molecular flexibility index (Phi) is 7.24. The standard InChI is InChI=1S/C27H37NO3/c1-19-14-16-20(17-15-19)25(29)18-21-10-6-2-3-7-11-22(21)26(30)28-24-13-9-5-4-8-12-23(24)27(28)31/h14-17,21-24H,2-13,18H2,1H3/t21-,22-,23-,24+/m1/s1. The summed E-state index contributed by atoms with van der Waals surface area (Å²) in [6, 6.07) is 7.85. The highest BCUT2D eigenvalue weighted by Gasteiger charge is 2.51. The van der Waals surface area contributed by atoms with E-state index in [1.54, 1.807) is 4.90 Å². The number of aryl methyl sites for hydroxylation is 1. The van der Waals surface area contributed by atoms with Gasteiger partial charge in [-0.2, -0.15) is 0 Å². The Hall–Kier alpha value is -1.97. The van der Waals surface area contributed by atoms with Gasteiger partial charge < -0.3 is 0 Å². The minimum Gasteiger partial charge on any atom is -0.294 e. The summed E-state index contributed by atoms with van der Waals surface area (Å²) in [5.74, 6) is 0.123. The van der Waals surface area contributed by atoms with Crippen molar-refractivity contribution in [1.29, 1.82) is 0 Å². The van der Waals surface area contributed by atoms with Crippen LogP contribution in [0.4, 0.5) is 0 Å². The Labute approximate surface area is 186 Å². The lowest BCUT2D eigenvalue weighted by Gasteiger charge is -2.49. The fourth-order valence-corrected chi connectivity index (χ4v) is 6.00. The van der Waals surface area contributed by atoms with Crippen LogP contribution in [0.2, 0.25) is 0 Å². The minimum absolute atomic E-state index is 0.0235. The minimum atomic E-state index is -0.190. The van der Waals surface area contributed by atoms with Crippen molar-refractivity contribution in [3.05, 3.63) is 35.4 Å². The first-order valence-corrected chi connectivity index (χ1v) is 12.5. The fourth-order valence-electron chi connectivity index (χ4n) is 6.00. The molecule has 1 aromatic rings. The summed E-state index contributed by atoms with van der Waals surface area (Å²) in [4.78, 5) is 41.3. The molecule has 1 heterocycles. The molecular weight excluding hydrogens is 386 g/mol. The van der Waals surface area contributed by atoms with Gasteiger partial charge in [-0.1, -0.05) is 81.2 Å². The zero-order chi connectivity index (χ0) is 21.8. The number of carbonyl (C=O) groups excluding carboxylic acids is 3. The van der Waals surface area contributed by atoms with E-state index in [1.807, 2.05) is 31.2 Å². The molecule has 4 rings (SSSR count). The Morgan fingerprint density at radius 3 is 2.16 bits per heavy atom. The van der Waals surface area contributed by atoms with Crippen molar-refractivity contribution in [3.63, 3.8) is 0 Å². The predicted octanol–water partition coefficient (Wildman–Crippen LogP) is 5.86. The Morgan fingerprint density at radius 2 is 1.45 bits per heavy atom. The molecule has 0 spiro atoms. The molecule has 0 bridgehead atoms. The number of nitrogens with zero attached hydrogens (tertiary/aromatic N) is 1. The van der Waals surface area contributed by atoms with Crippen LogP contribution in [0.15, 0.2) is 24.3 Å². The summed E-state index contributed by atoms with van der Waals surface area (Å²) in [5.41, 5.74) is 1.87. The second-order valence-electron chi connectivity index (χ2n) is 10.1. The lowest BCUT2D eigenvalue weighted by molar-refractivity contribution is -0.171. The zero-order valence-corrected chi connectivity index (χ0v) is 19.0. The number of rotatable bonds is 4. The highest BCUT2D eigenvalue weighted by atomic mass is 16.2. The Balaban J connectivity index is 1.50. The third-order valence-corrected chi connectivity index (χ3v) is 7.90. The normalized spacial score (nSPS) is 29.6. The molecule has 0 aromatic heterocycles. The summed E-state index contributed by atoms with van der Waals surface area (Å²) in [6.07, 6.45) is 13.0. The summed E-state index contributed by atoms with van der Waals surface area (Å²) >= 11 is 0. The first kappa shape index (κ1) is 22.2. The van der Waals surface area contributed by atoms with Gasteiger partial charge in [-0.15, -0.1) is 0 Å². The molecule has 4 nitrogen and oxygen atoms in total. The quantitative estimate of drug-likeness (QED) is 0.346. The number of β-lactam (4-membered cyclic amide) rings is 1. The third kappa shape index (κ3) is 4.94. The van der Waals surface area contributed by atoms with Crippen molar-refractivity contribution in [2.45, 2.75) is 96.4 Å². The molecule has 2 aliphatic carbocycles. The SMILES string of the molecule is Cc1ccc(C(=O)C[C@H]2CCCCCC[C@H]2C(=O)N2C(=O)[C@@H]3CCCCCC[C@@H]32)cc1. The van der Waals surface area contributed by atoms with E-state index < -0.39 is 0 Å². The van der Waals surface area contributed by atoms with Crippen molar-refractivity contribution in [3.8, 4) is 0 Å². The van der Waals surface area contributed by atoms with Gasteiger partial charge in [-0.05, 0) is 38.5 Å². The summed E-state index contributed by atoms with van der Waals surface area (Å²) < 4.78 is 0. The molecule has 3 aliphatic rings. The van der Waals surface area contributed by atoms with Crippen LogP contribution < -0.4 is 0 Å². The van der Waals surface area contributed by atoms with E-state index in [9.17, 15) is 14.4 Å². The number of carbonyl (C=O) groups is 3. The highest BCUT2D eigenvalue weighted by molar-refractivity contribution is 6.03. The van der Waals surface area contributed by atoms with Crippen molar-refractivity contribution in [2.24, 2.45) is 17.8 Å². The monoisotopic (exact) mass is 423 g/mol. The van der Waals surface area contributed by atoms with Crippen molar-refractivity contribution in [1.82, 2.24) is 4.90 Å². The molecule has 2 saturated carbocycles. The van der Waals surface area contributed by atoms with Gasteiger partial charge in [0.15, 0.2) is 5.78 Å². The number of Topliss-reactive ketones (excluding diaryl/α,β-unsaturated/α-hetero) is 1. The first-order valence-electron chi connectivity index (χ1n) is 12.5. The highest BCUT2D eigenvalue weighted by Crippen LogP contribution is 2.40. The number of ketones is 1. The van der Waals surface area contributed by atoms with E-state index in [0.29, 0.717) is 6.42 Å². The molecule has 3 fully saturated rings. The molecule has 1 aromatic carbocycles. The third-order valence-electron chi connectivity index (χ3n) is 7.90. The zero-order valence-electron chi connectivity index (χ0n) is 19.0. The van der Waals surface area contributed by atoms with Crippen LogP contribution in [0, 0.1) is 24.7 Å². The maximum atomic E-state index is 13.7. The van der Waals surface area contributed by atoms with Crippen LogP contribution in [-0.2, 0) is 9.59 Å². The second kappa shape index (κ2) is 10.1. The number of hydrogen-bond acceptors (Lipinski definition) is 3. The average molecular weight is 424 g/mol. The Morgan fingerprint density at radius 1 is 0.839 bits per heavy atom. The summed E-state index contributed by atoms with van der Waals surface area (Å²) in [7, 11) is 0. The number of fused-ring (bicyclic) bond motifs is 1. The van der Waals surface area contributed by atoms with Crippen LogP contribution in [0.5, 0.6) is 0 Å². The Bertz CT molecular complexity index is 799. The number of likely N-dealkylation sites (tertiary alicyclic amines) is 1.